The second-order valence-corrected chi connectivity index (χ2v) is 6.97. The number of hydrogen-bond acceptors (Lipinski definition) is 4. The summed E-state index contributed by atoms with van der Waals surface area (Å²) in [5.74, 6) is 2.58. The van der Waals surface area contributed by atoms with Crippen LogP contribution in [0.2, 0.25) is 0 Å². The summed E-state index contributed by atoms with van der Waals surface area (Å²) in [7, 11) is 1.67. The molecule has 0 radical (unpaired) electrons. The van der Waals surface area contributed by atoms with Gasteiger partial charge in [0.1, 0.15) is 5.75 Å². The lowest BCUT2D eigenvalue weighted by molar-refractivity contribution is 0.412. The fourth-order valence-corrected chi connectivity index (χ4v) is 3.96. The molecule has 0 saturated carbocycles. The van der Waals surface area contributed by atoms with Crippen LogP contribution in [0.3, 0.4) is 0 Å². The SMILES string of the molecule is CCn1c(SCc2ccc(OC)c(Br)c2)nnc1-c1ccccc1. The highest BCUT2D eigenvalue weighted by molar-refractivity contribution is 9.10. The lowest BCUT2D eigenvalue weighted by Gasteiger charge is -2.08. The predicted octanol–water partition coefficient (Wildman–Crippen LogP) is 5.03. The van der Waals surface area contributed by atoms with Gasteiger partial charge in [0.25, 0.3) is 0 Å². The highest BCUT2D eigenvalue weighted by Gasteiger charge is 2.13. The maximum absolute atomic E-state index is 5.27. The molecule has 0 aliphatic rings. The Hall–Kier alpha value is -1.79. The Labute approximate surface area is 154 Å². The standard InChI is InChI=1S/C18H18BrN3OS/c1-3-22-17(14-7-5-4-6-8-14)20-21-18(22)24-12-13-9-10-16(23-2)15(19)11-13/h4-11H,3,12H2,1-2H3. The van der Waals surface area contributed by atoms with E-state index in [2.05, 4.69) is 61.9 Å². The van der Waals surface area contributed by atoms with E-state index in [1.165, 1.54) is 5.56 Å². The smallest absolute Gasteiger partial charge is 0.191 e. The van der Waals surface area contributed by atoms with Gasteiger partial charge in [-0.05, 0) is 40.5 Å². The summed E-state index contributed by atoms with van der Waals surface area (Å²) >= 11 is 5.22. The van der Waals surface area contributed by atoms with Crippen molar-refractivity contribution < 1.29 is 4.74 Å². The second kappa shape index (κ2) is 7.85. The van der Waals surface area contributed by atoms with Gasteiger partial charge in [0.15, 0.2) is 11.0 Å². The van der Waals surface area contributed by atoms with Crippen molar-refractivity contribution in [2.75, 3.05) is 7.11 Å². The number of nitrogens with zero attached hydrogens (tertiary/aromatic N) is 3. The van der Waals surface area contributed by atoms with Crippen molar-refractivity contribution >= 4 is 27.7 Å². The Bertz CT molecular complexity index is 820. The maximum atomic E-state index is 5.27. The Morgan fingerprint density at radius 1 is 1.12 bits per heavy atom. The van der Waals surface area contributed by atoms with Gasteiger partial charge >= 0.3 is 0 Å². The molecule has 0 N–H and O–H groups in total. The molecule has 0 amide bonds. The van der Waals surface area contributed by atoms with Crippen LogP contribution in [0.25, 0.3) is 11.4 Å². The summed E-state index contributed by atoms with van der Waals surface area (Å²) < 4.78 is 8.39. The first-order valence-electron chi connectivity index (χ1n) is 7.66. The first-order valence-corrected chi connectivity index (χ1v) is 9.44. The summed E-state index contributed by atoms with van der Waals surface area (Å²) in [6, 6.07) is 16.3. The van der Waals surface area contributed by atoms with E-state index in [0.29, 0.717) is 0 Å². The zero-order valence-corrected chi connectivity index (χ0v) is 16.0. The normalized spacial score (nSPS) is 10.8. The molecule has 1 heterocycles. The number of hydrogen-bond donors (Lipinski definition) is 0. The quantitative estimate of drug-likeness (QED) is 0.541. The number of halogens is 1. The topological polar surface area (TPSA) is 39.9 Å². The zero-order chi connectivity index (χ0) is 16.9. The minimum absolute atomic E-state index is 0.829. The van der Waals surface area contributed by atoms with E-state index in [1.54, 1.807) is 18.9 Å². The van der Waals surface area contributed by atoms with Gasteiger partial charge in [-0.15, -0.1) is 10.2 Å². The molecule has 0 aliphatic heterocycles. The highest BCUT2D eigenvalue weighted by atomic mass is 79.9. The largest absolute Gasteiger partial charge is 0.496 e. The average molecular weight is 404 g/mol. The molecule has 3 aromatic rings. The first-order chi connectivity index (χ1) is 11.7. The van der Waals surface area contributed by atoms with Gasteiger partial charge in [-0.3, -0.25) is 0 Å². The average Bonchev–Trinajstić information content (AvgIpc) is 3.03. The van der Waals surface area contributed by atoms with Crippen LogP contribution in [0.15, 0.2) is 58.2 Å². The van der Waals surface area contributed by atoms with E-state index >= 15 is 0 Å². The van der Waals surface area contributed by atoms with Gasteiger partial charge in [0.2, 0.25) is 0 Å². The Morgan fingerprint density at radius 2 is 1.92 bits per heavy atom. The number of ether oxygens (including phenoxy) is 1. The second-order valence-electron chi connectivity index (χ2n) is 5.17. The molecule has 0 unspecified atom stereocenters. The maximum Gasteiger partial charge on any atom is 0.191 e. The minimum atomic E-state index is 0.829. The molecule has 3 rings (SSSR count). The lowest BCUT2D eigenvalue weighted by Crippen LogP contribution is -1.99. The van der Waals surface area contributed by atoms with E-state index in [0.717, 1.165) is 39.1 Å². The van der Waals surface area contributed by atoms with Gasteiger partial charge in [-0.1, -0.05) is 48.2 Å². The molecule has 24 heavy (non-hydrogen) atoms. The van der Waals surface area contributed by atoms with Crippen LogP contribution in [0.4, 0.5) is 0 Å². The van der Waals surface area contributed by atoms with E-state index in [4.69, 9.17) is 4.74 Å². The number of thioether (sulfide) groups is 1. The molecule has 0 aliphatic carbocycles. The van der Waals surface area contributed by atoms with Crippen molar-refractivity contribution in [3.63, 3.8) is 0 Å². The molecule has 0 atom stereocenters. The third-order valence-corrected chi connectivity index (χ3v) is 5.31. The van der Waals surface area contributed by atoms with Crippen molar-refractivity contribution in [1.82, 2.24) is 14.8 Å². The highest BCUT2D eigenvalue weighted by Crippen LogP contribution is 2.30. The van der Waals surface area contributed by atoms with Crippen LogP contribution in [0, 0.1) is 0 Å². The summed E-state index contributed by atoms with van der Waals surface area (Å²) in [6.45, 7) is 2.95. The summed E-state index contributed by atoms with van der Waals surface area (Å²) in [4.78, 5) is 0. The van der Waals surface area contributed by atoms with Gasteiger partial charge in [0.05, 0.1) is 11.6 Å². The van der Waals surface area contributed by atoms with E-state index in [-0.39, 0.29) is 0 Å². The molecule has 2 aromatic carbocycles. The zero-order valence-electron chi connectivity index (χ0n) is 13.6. The molecule has 1 aromatic heterocycles. The van der Waals surface area contributed by atoms with Crippen molar-refractivity contribution in [3.05, 3.63) is 58.6 Å². The van der Waals surface area contributed by atoms with E-state index in [1.807, 2.05) is 24.3 Å². The van der Waals surface area contributed by atoms with Gasteiger partial charge in [-0.2, -0.15) is 0 Å². The van der Waals surface area contributed by atoms with Crippen LogP contribution in [0.5, 0.6) is 5.75 Å². The molecule has 0 spiro atoms. The van der Waals surface area contributed by atoms with Crippen LogP contribution in [0.1, 0.15) is 12.5 Å². The lowest BCUT2D eigenvalue weighted by atomic mass is 10.2. The van der Waals surface area contributed by atoms with Crippen LogP contribution < -0.4 is 4.74 Å². The van der Waals surface area contributed by atoms with Gasteiger partial charge < -0.3 is 9.30 Å². The molecular formula is C18H18BrN3OS. The fraction of sp³-hybridized carbons (Fsp3) is 0.222. The summed E-state index contributed by atoms with van der Waals surface area (Å²) in [5, 5.41) is 9.69. The van der Waals surface area contributed by atoms with Crippen molar-refractivity contribution in [2.24, 2.45) is 0 Å². The van der Waals surface area contributed by atoms with Crippen LogP contribution >= 0.6 is 27.7 Å². The first kappa shape index (κ1) is 17.0. The third-order valence-electron chi connectivity index (χ3n) is 3.65. The van der Waals surface area contributed by atoms with Gasteiger partial charge in [-0.25, -0.2) is 0 Å². The Balaban J connectivity index is 1.79. The summed E-state index contributed by atoms with van der Waals surface area (Å²) in [5.41, 5.74) is 2.30. The third kappa shape index (κ3) is 3.65. The molecule has 6 heteroatoms. The molecule has 4 nitrogen and oxygen atoms in total. The Morgan fingerprint density at radius 3 is 2.58 bits per heavy atom. The number of benzene rings is 2. The number of aromatic nitrogens is 3. The van der Waals surface area contributed by atoms with Crippen molar-refractivity contribution in [1.29, 1.82) is 0 Å². The van der Waals surface area contributed by atoms with E-state index in [9.17, 15) is 0 Å². The molecular weight excluding hydrogens is 386 g/mol. The molecule has 0 fully saturated rings. The Kier molecular flexibility index (Phi) is 5.58. The predicted molar refractivity (Wildman–Crippen MR) is 101 cm³/mol. The van der Waals surface area contributed by atoms with E-state index < -0.39 is 0 Å². The van der Waals surface area contributed by atoms with Crippen LogP contribution in [-0.2, 0) is 12.3 Å². The summed E-state index contributed by atoms with van der Waals surface area (Å²) in [6.07, 6.45) is 0. The van der Waals surface area contributed by atoms with Crippen molar-refractivity contribution in [2.45, 2.75) is 24.4 Å². The van der Waals surface area contributed by atoms with Gasteiger partial charge in [0, 0.05) is 17.9 Å². The molecule has 0 saturated heterocycles. The van der Waals surface area contributed by atoms with Crippen molar-refractivity contribution in [3.8, 4) is 17.1 Å². The molecule has 124 valence electrons. The minimum Gasteiger partial charge on any atom is -0.496 e. The number of methoxy groups -OCH3 is 1. The molecule has 0 bridgehead atoms. The monoisotopic (exact) mass is 403 g/mol. The number of rotatable bonds is 6. The van der Waals surface area contributed by atoms with Crippen LogP contribution in [-0.4, -0.2) is 21.9 Å². The fourth-order valence-electron chi connectivity index (χ4n) is 2.43.